The first-order valence-electron chi connectivity index (χ1n) is 5.42. The maximum absolute atomic E-state index is 3.47. The van der Waals surface area contributed by atoms with Crippen molar-refractivity contribution in [2.45, 2.75) is 40.0 Å². The van der Waals surface area contributed by atoms with Gasteiger partial charge in [-0.1, -0.05) is 20.8 Å². The van der Waals surface area contributed by atoms with Gasteiger partial charge in [-0.15, -0.1) is 0 Å². The molecule has 1 nitrogen and oxygen atoms in total. The molecule has 1 rings (SSSR count). The molecule has 0 radical (unpaired) electrons. The van der Waals surface area contributed by atoms with Gasteiger partial charge in [-0.3, -0.25) is 0 Å². The minimum atomic E-state index is 0.855. The molecule has 1 heteroatoms. The zero-order valence-corrected chi connectivity index (χ0v) is 8.77. The lowest BCUT2D eigenvalue weighted by molar-refractivity contribution is 0.256. The van der Waals surface area contributed by atoms with Crippen LogP contribution >= 0.6 is 0 Å². The van der Waals surface area contributed by atoms with Crippen LogP contribution in [-0.4, -0.2) is 13.1 Å². The van der Waals surface area contributed by atoms with E-state index < -0.39 is 0 Å². The Labute approximate surface area is 76.9 Å². The molecule has 0 aliphatic carbocycles. The molecule has 0 aromatic carbocycles. The number of nitrogens with one attached hydrogen (secondary N) is 1. The van der Waals surface area contributed by atoms with Crippen LogP contribution in [0, 0.1) is 17.8 Å². The largest absolute Gasteiger partial charge is 0.317 e. The highest BCUT2D eigenvalue weighted by Gasteiger charge is 2.20. The zero-order valence-electron chi connectivity index (χ0n) is 8.77. The standard InChI is InChI=1S/C11H23N/c1-9(2)10(3)11-5-4-7-12-8-6-11/h9-12H,4-8H2,1-3H3. The maximum Gasteiger partial charge on any atom is -0.00462 e. The van der Waals surface area contributed by atoms with E-state index in [-0.39, 0.29) is 0 Å². The molecule has 1 aliphatic rings. The number of hydrogen-bond acceptors (Lipinski definition) is 1. The second kappa shape index (κ2) is 4.86. The zero-order chi connectivity index (χ0) is 8.97. The van der Waals surface area contributed by atoms with E-state index in [9.17, 15) is 0 Å². The van der Waals surface area contributed by atoms with Gasteiger partial charge in [-0.2, -0.15) is 0 Å². The SMILES string of the molecule is CC(C)C(C)C1CCCNCC1. The third-order valence-corrected chi connectivity index (χ3v) is 3.42. The molecule has 0 aromatic rings. The van der Waals surface area contributed by atoms with Crippen LogP contribution in [0.1, 0.15) is 40.0 Å². The molecule has 1 heterocycles. The van der Waals surface area contributed by atoms with Crippen molar-refractivity contribution in [1.29, 1.82) is 0 Å². The first-order valence-corrected chi connectivity index (χ1v) is 5.42. The average molecular weight is 169 g/mol. The molecule has 0 spiro atoms. The number of hydrogen-bond donors (Lipinski definition) is 1. The summed E-state index contributed by atoms with van der Waals surface area (Å²) in [5.74, 6) is 2.73. The molecule has 1 fully saturated rings. The second-order valence-electron chi connectivity index (χ2n) is 4.54. The van der Waals surface area contributed by atoms with Crippen molar-refractivity contribution in [3.8, 4) is 0 Å². The summed E-state index contributed by atoms with van der Waals surface area (Å²) >= 11 is 0. The molecule has 1 N–H and O–H groups in total. The Morgan fingerprint density at radius 3 is 2.50 bits per heavy atom. The van der Waals surface area contributed by atoms with Crippen molar-refractivity contribution < 1.29 is 0 Å². The molecule has 0 amide bonds. The molecule has 0 saturated carbocycles. The van der Waals surface area contributed by atoms with Crippen molar-refractivity contribution in [1.82, 2.24) is 5.32 Å². The quantitative estimate of drug-likeness (QED) is 0.670. The first-order chi connectivity index (χ1) is 5.72. The summed E-state index contributed by atoms with van der Waals surface area (Å²) in [5.41, 5.74) is 0. The predicted octanol–water partition coefficient (Wildman–Crippen LogP) is 2.67. The fourth-order valence-electron chi connectivity index (χ4n) is 2.12. The van der Waals surface area contributed by atoms with Gasteiger partial charge in [0.2, 0.25) is 0 Å². The second-order valence-corrected chi connectivity index (χ2v) is 4.54. The van der Waals surface area contributed by atoms with E-state index in [4.69, 9.17) is 0 Å². The third kappa shape index (κ3) is 2.78. The maximum atomic E-state index is 3.47. The minimum absolute atomic E-state index is 0.855. The summed E-state index contributed by atoms with van der Waals surface area (Å²) in [6, 6.07) is 0. The van der Waals surface area contributed by atoms with E-state index in [1.165, 1.54) is 32.4 Å². The monoisotopic (exact) mass is 169 g/mol. The van der Waals surface area contributed by atoms with Crippen molar-refractivity contribution in [2.24, 2.45) is 17.8 Å². The fraction of sp³-hybridized carbons (Fsp3) is 1.00. The van der Waals surface area contributed by atoms with Crippen LogP contribution in [0.25, 0.3) is 0 Å². The van der Waals surface area contributed by atoms with E-state index in [2.05, 4.69) is 26.1 Å². The van der Waals surface area contributed by atoms with Crippen LogP contribution in [0.5, 0.6) is 0 Å². The van der Waals surface area contributed by atoms with E-state index in [1.807, 2.05) is 0 Å². The van der Waals surface area contributed by atoms with Crippen LogP contribution in [-0.2, 0) is 0 Å². The summed E-state index contributed by atoms with van der Waals surface area (Å²) in [6.45, 7) is 9.59. The summed E-state index contributed by atoms with van der Waals surface area (Å²) in [5, 5.41) is 3.47. The molecule has 12 heavy (non-hydrogen) atoms. The van der Waals surface area contributed by atoms with Crippen LogP contribution in [0.15, 0.2) is 0 Å². The highest BCUT2D eigenvalue weighted by molar-refractivity contribution is 4.73. The Morgan fingerprint density at radius 2 is 1.83 bits per heavy atom. The molecule has 2 unspecified atom stereocenters. The van der Waals surface area contributed by atoms with Gasteiger partial charge in [-0.25, -0.2) is 0 Å². The van der Waals surface area contributed by atoms with E-state index in [0.717, 1.165) is 17.8 Å². The van der Waals surface area contributed by atoms with Crippen molar-refractivity contribution in [3.63, 3.8) is 0 Å². The van der Waals surface area contributed by atoms with Gasteiger partial charge in [0.05, 0.1) is 0 Å². The smallest absolute Gasteiger partial charge is 0.00462 e. The lowest BCUT2D eigenvalue weighted by atomic mass is 9.81. The molecule has 0 aromatic heterocycles. The molecule has 1 aliphatic heterocycles. The Hall–Kier alpha value is -0.0400. The summed E-state index contributed by atoms with van der Waals surface area (Å²) in [6.07, 6.45) is 4.20. The summed E-state index contributed by atoms with van der Waals surface area (Å²) in [7, 11) is 0. The Morgan fingerprint density at radius 1 is 1.08 bits per heavy atom. The summed E-state index contributed by atoms with van der Waals surface area (Å²) in [4.78, 5) is 0. The van der Waals surface area contributed by atoms with Crippen molar-refractivity contribution >= 4 is 0 Å². The van der Waals surface area contributed by atoms with Gasteiger partial charge < -0.3 is 5.32 Å². The van der Waals surface area contributed by atoms with E-state index in [1.54, 1.807) is 0 Å². The van der Waals surface area contributed by atoms with Crippen molar-refractivity contribution in [3.05, 3.63) is 0 Å². The topological polar surface area (TPSA) is 12.0 Å². The molecular weight excluding hydrogens is 146 g/mol. The highest BCUT2D eigenvalue weighted by Crippen LogP contribution is 2.27. The average Bonchev–Trinajstić information content (AvgIpc) is 2.30. The molecule has 1 saturated heterocycles. The minimum Gasteiger partial charge on any atom is -0.317 e. The Balaban J connectivity index is 2.37. The van der Waals surface area contributed by atoms with Gasteiger partial charge in [-0.05, 0) is 50.1 Å². The number of rotatable bonds is 2. The van der Waals surface area contributed by atoms with Gasteiger partial charge in [0.25, 0.3) is 0 Å². The van der Waals surface area contributed by atoms with Gasteiger partial charge in [0.15, 0.2) is 0 Å². The van der Waals surface area contributed by atoms with Gasteiger partial charge in [0, 0.05) is 0 Å². The molecule has 72 valence electrons. The Kier molecular flexibility index (Phi) is 4.07. The summed E-state index contributed by atoms with van der Waals surface area (Å²) < 4.78 is 0. The van der Waals surface area contributed by atoms with Crippen LogP contribution < -0.4 is 5.32 Å². The van der Waals surface area contributed by atoms with Crippen LogP contribution in [0.4, 0.5) is 0 Å². The van der Waals surface area contributed by atoms with Gasteiger partial charge >= 0.3 is 0 Å². The molecular formula is C11H23N. The van der Waals surface area contributed by atoms with Gasteiger partial charge in [0.1, 0.15) is 0 Å². The normalized spacial score (nSPS) is 28.5. The Bertz CT molecular complexity index is 112. The van der Waals surface area contributed by atoms with Crippen molar-refractivity contribution in [2.75, 3.05) is 13.1 Å². The molecule has 0 bridgehead atoms. The van der Waals surface area contributed by atoms with Crippen LogP contribution in [0.3, 0.4) is 0 Å². The first kappa shape index (κ1) is 10.0. The van der Waals surface area contributed by atoms with E-state index >= 15 is 0 Å². The lowest BCUT2D eigenvalue weighted by Crippen LogP contribution is -2.19. The predicted molar refractivity (Wildman–Crippen MR) is 54.2 cm³/mol. The van der Waals surface area contributed by atoms with Crippen LogP contribution in [0.2, 0.25) is 0 Å². The highest BCUT2D eigenvalue weighted by atomic mass is 14.8. The third-order valence-electron chi connectivity index (χ3n) is 3.42. The van der Waals surface area contributed by atoms with E-state index in [0.29, 0.717) is 0 Å². The molecule has 2 atom stereocenters. The lowest BCUT2D eigenvalue weighted by Gasteiger charge is -2.25. The fourth-order valence-corrected chi connectivity index (χ4v) is 2.12.